The average molecular weight is 440 g/mol. The molecule has 0 atom stereocenters. The summed E-state index contributed by atoms with van der Waals surface area (Å²) in [6.45, 7) is 6.53. The van der Waals surface area contributed by atoms with Gasteiger partial charge in [0.1, 0.15) is 5.75 Å². The number of benzene rings is 2. The molecule has 1 aliphatic heterocycles. The Morgan fingerprint density at radius 3 is 2.28 bits per heavy atom. The first-order valence-electron chi connectivity index (χ1n) is 10.6. The molecular weight excluding hydrogens is 410 g/mol. The number of hydrogen-bond acceptors (Lipinski definition) is 6. The second-order valence-corrected chi connectivity index (χ2v) is 7.82. The third kappa shape index (κ3) is 6.07. The number of esters is 1. The highest BCUT2D eigenvalue weighted by molar-refractivity contribution is 5.93. The second kappa shape index (κ2) is 10.8. The molecule has 0 spiro atoms. The van der Waals surface area contributed by atoms with Gasteiger partial charge in [0.05, 0.1) is 19.2 Å². The van der Waals surface area contributed by atoms with Crippen molar-refractivity contribution in [2.45, 2.75) is 20.3 Å². The lowest BCUT2D eigenvalue weighted by Gasteiger charge is -2.21. The Morgan fingerprint density at radius 1 is 0.938 bits per heavy atom. The number of aryl methyl sites for hydroxylation is 2. The molecule has 170 valence electrons. The summed E-state index contributed by atoms with van der Waals surface area (Å²) in [4.78, 5) is 40.3. The van der Waals surface area contributed by atoms with Crippen LogP contribution in [0.3, 0.4) is 0 Å². The first-order chi connectivity index (χ1) is 15.4. The summed E-state index contributed by atoms with van der Waals surface area (Å²) in [6, 6.07) is 12.1. The normalized spacial score (nSPS) is 14.4. The largest absolute Gasteiger partial charge is 0.465 e. The van der Waals surface area contributed by atoms with E-state index in [4.69, 9.17) is 4.74 Å². The summed E-state index contributed by atoms with van der Waals surface area (Å²) < 4.78 is 10.1. The van der Waals surface area contributed by atoms with Crippen LogP contribution in [0.1, 0.15) is 27.9 Å². The van der Waals surface area contributed by atoms with Crippen molar-refractivity contribution in [1.82, 2.24) is 9.80 Å². The van der Waals surface area contributed by atoms with Crippen molar-refractivity contribution in [2.75, 3.05) is 45.2 Å². The number of nitrogens with one attached hydrogen (secondary N) is 1. The van der Waals surface area contributed by atoms with Gasteiger partial charge in [-0.25, -0.2) is 9.59 Å². The van der Waals surface area contributed by atoms with Gasteiger partial charge in [-0.2, -0.15) is 0 Å². The Morgan fingerprint density at radius 2 is 1.62 bits per heavy atom. The molecule has 2 aromatic carbocycles. The number of carbonyl (C=O) groups is 3. The molecular formula is C24H29N3O5. The van der Waals surface area contributed by atoms with E-state index < -0.39 is 12.1 Å². The molecule has 0 aliphatic carbocycles. The van der Waals surface area contributed by atoms with Gasteiger partial charge in [-0.05, 0) is 55.7 Å². The van der Waals surface area contributed by atoms with E-state index in [2.05, 4.69) is 10.1 Å². The molecule has 1 saturated heterocycles. The summed E-state index contributed by atoms with van der Waals surface area (Å²) in [5.41, 5.74) is 3.30. The molecule has 2 aromatic rings. The Hall–Kier alpha value is -3.39. The monoisotopic (exact) mass is 439 g/mol. The van der Waals surface area contributed by atoms with Crippen LogP contribution in [0.15, 0.2) is 42.5 Å². The highest BCUT2D eigenvalue weighted by Gasteiger charge is 2.22. The van der Waals surface area contributed by atoms with Crippen LogP contribution in [0.4, 0.5) is 10.5 Å². The standard InChI is InChI=1S/C24H29N3O5/c1-17-6-4-7-18(2)22(17)25-21(28)16-26-12-5-13-27(15-14-26)24(30)32-20-10-8-19(9-11-20)23(29)31-3/h4,6-11H,5,12-16H2,1-3H3,(H,25,28). The molecule has 1 N–H and O–H groups in total. The Balaban J connectivity index is 1.50. The first-order valence-corrected chi connectivity index (χ1v) is 10.6. The molecule has 0 bridgehead atoms. The van der Waals surface area contributed by atoms with Crippen molar-refractivity contribution in [3.8, 4) is 5.75 Å². The third-order valence-corrected chi connectivity index (χ3v) is 5.44. The summed E-state index contributed by atoms with van der Waals surface area (Å²) in [5, 5.41) is 3.01. The zero-order valence-corrected chi connectivity index (χ0v) is 18.7. The lowest BCUT2D eigenvalue weighted by atomic mass is 10.1. The predicted octanol–water partition coefficient (Wildman–Crippen LogP) is 3.24. The van der Waals surface area contributed by atoms with E-state index >= 15 is 0 Å². The van der Waals surface area contributed by atoms with Crippen LogP contribution in [0, 0.1) is 13.8 Å². The van der Waals surface area contributed by atoms with Crippen molar-refractivity contribution in [3.63, 3.8) is 0 Å². The molecule has 0 unspecified atom stereocenters. The van der Waals surface area contributed by atoms with Crippen LogP contribution in [-0.4, -0.2) is 67.6 Å². The maximum Gasteiger partial charge on any atom is 0.415 e. The fourth-order valence-electron chi connectivity index (χ4n) is 3.65. The molecule has 32 heavy (non-hydrogen) atoms. The SMILES string of the molecule is COC(=O)c1ccc(OC(=O)N2CCCN(CC(=O)Nc3c(C)cccc3C)CC2)cc1. The van der Waals surface area contributed by atoms with Crippen molar-refractivity contribution in [2.24, 2.45) is 0 Å². The van der Waals surface area contributed by atoms with Gasteiger partial charge in [0, 0.05) is 31.9 Å². The summed E-state index contributed by atoms with van der Waals surface area (Å²) in [5.74, 6) is -0.155. The van der Waals surface area contributed by atoms with Crippen LogP contribution >= 0.6 is 0 Å². The van der Waals surface area contributed by atoms with Gasteiger partial charge in [0.2, 0.25) is 5.91 Å². The highest BCUT2D eigenvalue weighted by atomic mass is 16.6. The number of hydrogen-bond donors (Lipinski definition) is 1. The smallest absolute Gasteiger partial charge is 0.415 e. The van der Waals surface area contributed by atoms with Crippen LogP contribution < -0.4 is 10.1 Å². The zero-order valence-electron chi connectivity index (χ0n) is 18.7. The lowest BCUT2D eigenvalue weighted by Crippen LogP contribution is -2.39. The van der Waals surface area contributed by atoms with E-state index in [1.807, 2.05) is 36.9 Å². The predicted molar refractivity (Wildman–Crippen MR) is 121 cm³/mol. The van der Waals surface area contributed by atoms with Gasteiger partial charge in [0.25, 0.3) is 0 Å². The van der Waals surface area contributed by atoms with E-state index in [1.165, 1.54) is 7.11 Å². The van der Waals surface area contributed by atoms with E-state index in [0.29, 0.717) is 30.9 Å². The molecule has 0 aromatic heterocycles. The Labute approximate surface area is 188 Å². The van der Waals surface area contributed by atoms with Crippen molar-refractivity contribution >= 4 is 23.7 Å². The minimum atomic E-state index is -0.447. The number of carbonyl (C=O) groups excluding carboxylic acids is 3. The molecule has 1 aliphatic rings. The second-order valence-electron chi connectivity index (χ2n) is 7.82. The van der Waals surface area contributed by atoms with Gasteiger partial charge >= 0.3 is 12.1 Å². The van der Waals surface area contributed by atoms with Gasteiger partial charge in [0.15, 0.2) is 0 Å². The van der Waals surface area contributed by atoms with Gasteiger partial charge in [-0.3, -0.25) is 9.69 Å². The summed E-state index contributed by atoms with van der Waals surface area (Å²) in [6.07, 6.45) is 0.296. The average Bonchev–Trinajstić information content (AvgIpc) is 3.02. The summed E-state index contributed by atoms with van der Waals surface area (Å²) in [7, 11) is 1.31. The minimum Gasteiger partial charge on any atom is -0.465 e. The van der Waals surface area contributed by atoms with E-state index in [1.54, 1.807) is 29.2 Å². The number of ether oxygens (including phenoxy) is 2. The number of para-hydroxylation sites is 1. The van der Waals surface area contributed by atoms with Gasteiger partial charge in [-0.15, -0.1) is 0 Å². The molecule has 0 radical (unpaired) electrons. The zero-order chi connectivity index (χ0) is 23.1. The van der Waals surface area contributed by atoms with E-state index in [9.17, 15) is 14.4 Å². The lowest BCUT2D eigenvalue weighted by molar-refractivity contribution is -0.117. The Kier molecular flexibility index (Phi) is 7.83. The van der Waals surface area contributed by atoms with Gasteiger partial charge < -0.3 is 19.7 Å². The molecule has 8 heteroatoms. The molecule has 2 amide bonds. The fraction of sp³-hybridized carbons (Fsp3) is 0.375. The van der Waals surface area contributed by atoms with E-state index in [-0.39, 0.29) is 12.5 Å². The van der Waals surface area contributed by atoms with Crippen LogP contribution in [0.2, 0.25) is 0 Å². The van der Waals surface area contributed by atoms with Crippen molar-refractivity contribution < 1.29 is 23.9 Å². The number of amides is 2. The van der Waals surface area contributed by atoms with Crippen molar-refractivity contribution in [3.05, 3.63) is 59.2 Å². The number of anilines is 1. The first kappa shape index (κ1) is 23.3. The van der Waals surface area contributed by atoms with E-state index in [0.717, 1.165) is 29.8 Å². The molecule has 1 heterocycles. The molecule has 0 saturated carbocycles. The van der Waals surface area contributed by atoms with Crippen LogP contribution in [-0.2, 0) is 9.53 Å². The summed E-state index contributed by atoms with van der Waals surface area (Å²) >= 11 is 0. The maximum absolute atomic E-state index is 12.6. The van der Waals surface area contributed by atoms with Crippen LogP contribution in [0.25, 0.3) is 0 Å². The number of methoxy groups -OCH3 is 1. The van der Waals surface area contributed by atoms with Gasteiger partial charge in [-0.1, -0.05) is 18.2 Å². The topological polar surface area (TPSA) is 88.2 Å². The highest BCUT2D eigenvalue weighted by Crippen LogP contribution is 2.19. The maximum atomic E-state index is 12.6. The number of nitrogens with zero attached hydrogens (tertiary/aromatic N) is 2. The fourth-order valence-corrected chi connectivity index (χ4v) is 3.65. The van der Waals surface area contributed by atoms with Crippen LogP contribution in [0.5, 0.6) is 5.75 Å². The Bertz CT molecular complexity index is 954. The third-order valence-electron chi connectivity index (χ3n) is 5.44. The number of rotatable bonds is 5. The minimum absolute atomic E-state index is 0.0656. The molecule has 8 nitrogen and oxygen atoms in total. The molecule has 3 rings (SSSR count). The molecule has 1 fully saturated rings. The van der Waals surface area contributed by atoms with Crippen molar-refractivity contribution in [1.29, 1.82) is 0 Å². The quantitative estimate of drug-likeness (QED) is 0.720.